The number of sulfonamides is 1. The summed E-state index contributed by atoms with van der Waals surface area (Å²) in [4.78, 5) is 11.1. The largest absolute Gasteiger partial charge is 0.494 e. The van der Waals surface area contributed by atoms with Crippen LogP contribution < -0.4 is 14.8 Å². The lowest BCUT2D eigenvalue weighted by Crippen LogP contribution is -2.35. The number of methoxy groups -OCH3 is 1. The minimum Gasteiger partial charge on any atom is -0.494 e. The molecule has 1 aromatic carbocycles. The van der Waals surface area contributed by atoms with Gasteiger partial charge in [-0.2, -0.15) is 0 Å². The molecule has 0 radical (unpaired) electrons. The van der Waals surface area contributed by atoms with Gasteiger partial charge in [-0.15, -0.1) is 0 Å². The molecule has 2 rings (SSSR count). The summed E-state index contributed by atoms with van der Waals surface area (Å²) in [6, 6.07) is 3.12. The van der Waals surface area contributed by atoms with E-state index in [0.717, 1.165) is 6.07 Å². The number of benzene rings is 1. The Morgan fingerprint density at radius 2 is 2.14 bits per heavy atom. The molecule has 1 amide bonds. The van der Waals surface area contributed by atoms with Crippen LogP contribution in [0.15, 0.2) is 23.1 Å². The van der Waals surface area contributed by atoms with Crippen molar-refractivity contribution in [3.05, 3.63) is 24.0 Å². The zero-order chi connectivity index (χ0) is 15.5. The fraction of sp³-hybridized carbons (Fsp3) is 0.462. The number of hydrogen-bond acceptors (Lipinski definition) is 4. The number of carbonyl (C=O) groups excluding carboxylic acids is 1. The molecule has 2 N–H and O–H groups in total. The number of nitrogens with one attached hydrogen (secondary N) is 2. The van der Waals surface area contributed by atoms with E-state index in [1.807, 2.05) is 0 Å². The van der Waals surface area contributed by atoms with Crippen LogP contribution in [-0.2, 0) is 14.8 Å². The van der Waals surface area contributed by atoms with Gasteiger partial charge in [-0.1, -0.05) is 0 Å². The van der Waals surface area contributed by atoms with E-state index in [4.69, 9.17) is 4.74 Å². The number of amides is 1. The number of halogens is 1. The monoisotopic (exact) mass is 316 g/mol. The van der Waals surface area contributed by atoms with Gasteiger partial charge in [0.2, 0.25) is 15.9 Å². The molecule has 1 aliphatic rings. The molecular weight excluding hydrogens is 299 g/mol. The van der Waals surface area contributed by atoms with Gasteiger partial charge in [0.05, 0.1) is 12.0 Å². The number of carbonyl (C=O) groups is 1. The van der Waals surface area contributed by atoms with Crippen LogP contribution in [0.1, 0.15) is 19.3 Å². The molecule has 21 heavy (non-hydrogen) atoms. The molecule has 1 saturated heterocycles. The first-order valence-corrected chi connectivity index (χ1v) is 8.03. The van der Waals surface area contributed by atoms with Crippen molar-refractivity contribution >= 4 is 15.9 Å². The van der Waals surface area contributed by atoms with Gasteiger partial charge in [0.25, 0.3) is 0 Å². The maximum atomic E-state index is 13.6. The third-order valence-electron chi connectivity index (χ3n) is 3.29. The van der Waals surface area contributed by atoms with Crippen LogP contribution in [-0.4, -0.2) is 34.0 Å². The lowest BCUT2D eigenvalue weighted by atomic mass is 10.1. The second kappa shape index (κ2) is 6.40. The molecule has 1 atom stereocenters. The third-order valence-corrected chi connectivity index (χ3v) is 4.81. The molecule has 1 aliphatic heterocycles. The minimum atomic E-state index is -3.83. The lowest BCUT2D eigenvalue weighted by molar-refractivity contribution is -0.120. The minimum absolute atomic E-state index is 0.0155. The van der Waals surface area contributed by atoms with E-state index >= 15 is 0 Å². The fourth-order valence-corrected chi connectivity index (χ4v) is 3.46. The Morgan fingerprint density at radius 1 is 1.38 bits per heavy atom. The lowest BCUT2D eigenvalue weighted by Gasteiger charge is -2.16. The van der Waals surface area contributed by atoms with Crippen LogP contribution in [0.5, 0.6) is 5.75 Å². The summed E-state index contributed by atoms with van der Waals surface area (Å²) in [6.07, 6.45) is 1.19. The highest BCUT2D eigenvalue weighted by Gasteiger charge is 2.23. The van der Waals surface area contributed by atoms with Crippen molar-refractivity contribution in [1.82, 2.24) is 10.0 Å². The van der Waals surface area contributed by atoms with Crippen molar-refractivity contribution in [1.29, 1.82) is 0 Å². The second-order valence-corrected chi connectivity index (χ2v) is 6.51. The Kier molecular flexibility index (Phi) is 4.79. The number of hydrogen-bond donors (Lipinski definition) is 2. The maximum absolute atomic E-state index is 13.6. The zero-order valence-electron chi connectivity index (χ0n) is 11.6. The van der Waals surface area contributed by atoms with Crippen molar-refractivity contribution in [2.45, 2.75) is 30.2 Å². The van der Waals surface area contributed by atoms with Gasteiger partial charge in [-0.25, -0.2) is 17.5 Å². The predicted molar refractivity (Wildman–Crippen MR) is 73.9 cm³/mol. The van der Waals surface area contributed by atoms with Gasteiger partial charge in [-0.3, -0.25) is 4.79 Å². The molecule has 0 spiro atoms. The summed E-state index contributed by atoms with van der Waals surface area (Å²) in [5, 5.41) is 2.67. The van der Waals surface area contributed by atoms with E-state index in [1.54, 1.807) is 0 Å². The second-order valence-electron chi connectivity index (χ2n) is 4.79. The van der Waals surface area contributed by atoms with E-state index in [-0.39, 0.29) is 29.0 Å². The standard InChI is InChI=1S/C13H17FN2O4S/c1-20-12-4-3-10(8-11(12)14)21(18,19)16-9-2-5-13(17)15-7-6-9/h3-4,8-9,16H,2,5-7H2,1H3,(H,15,17). The summed E-state index contributed by atoms with van der Waals surface area (Å²) in [5.74, 6) is -0.844. The van der Waals surface area contributed by atoms with Crippen molar-refractivity contribution in [3.8, 4) is 5.75 Å². The van der Waals surface area contributed by atoms with E-state index in [9.17, 15) is 17.6 Å². The number of rotatable bonds is 4. The van der Waals surface area contributed by atoms with Crippen molar-refractivity contribution in [3.63, 3.8) is 0 Å². The van der Waals surface area contributed by atoms with Gasteiger partial charge in [0, 0.05) is 19.0 Å². The van der Waals surface area contributed by atoms with Crippen LogP contribution in [0.2, 0.25) is 0 Å². The summed E-state index contributed by atoms with van der Waals surface area (Å²) >= 11 is 0. The zero-order valence-corrected chi connectivity index (χ0v) is 12.4. The van der Waals surface area contributed by atoms with Crippen LogP contribution in [0, 0.1) is 5.82 Å². The first-order chi connectivity index (χ1) is 9.92. The molecule has 8 heteroatoms. The molecule has 0 aromatic heterocycles. The Hall–Kier alpha value is -1.67. The molecule has 1 fully saturated rings. The Labute approximate surface area is 122 Å². The Morgan fingerprint density at radius 3 is 2.81 bits per heavy atom. The molecule has 1 unspecified atom stereocenters. The van der Waals surface area contributed by atoms with Crippen molar-refractivity contribution < 1.29 is 22.3 Å². The summed E-state index contributed by atoms with van der Waals surface area (Å²) in [6.45, 7) is 0.420. The van der Waals surface area contributed by atoms with Crippen molar-refractivity contribution in [2.24, 2.45) is 0 Å². The van der Waals surface area contributed by atoms with Crippen LogP contribution in [0.25, 0.3) is 0 Å². The summed E-state index contributed by atoms with van der Waals surface area (Å²) in [5.41, 5.74) is 0. The molecular formula is C13H17FN2O4S. The average Bonchev–Trinajstić information content (AvgIpc) is 2.63. The molecule has 1 aromatic rings. The van der Waals surface area contributed by atoms with Crippen LogP contribution >= 0.6 is 0 Å². The molecule has 116 valence electrons. The molecule has 6 nitrogen and oxygen atoms in total. The molecule has 0 saturated carbocycles. The normalized spacial score (nSPS) is 19.7. The van der Waals surface area contributed by atoms with Crippen LogP contribution in [0.3, 0.4) is 0 Å². The molecule has 1 heterocycles. The smallest absolute Gasteiger partial charge is 0.240 e. The highest BCUT2D eigenvalue weighted by molar-refractivity contribution is 7.89. The summed E-state index contributed by atoms with van der Waals surface area (Å²) < 4.78 is 45.3. The molecule has 0 bridgehead atoms. The van der Waals surface area contributed by atoms with Crippen molar-refractivity contribution in [2.75, 3.05) is 13.7 Å². The van der Waals surface area contributed by atoms with Gasteiger partial charge in [0.1, 0.15) is 0 Å². The topological polar surface area (TPSA) is 84.5 Å². The van der Waals surface area contributed by atoms with Gasteiger partial charge < -0.3 is 10.1 Å². The predicted octanol–water partition coefficient (Wildman–Crippen LogP) is 0.781. The highest BCUT2D eigenvalue weighted by Crippen LogP contribution is 2.21. The first kappa shape index (κ1) is 15.7. The fourth-order valence-electron chi connectivity index (χ4n) is 2.14. The van der Waals surface area contributed by atoms with E-state index in [2.05, 4.69) is 10.0 Å². The SMILES string of the molecule is COc1ccc(S(=O)(=O)NC2CCNC(=O)CC2)cc1F. The molecule has 0 aliphatic carbocycles. The van der Waals surface area contributed by atoms with E-state index in [1.165, 1.54) is 19.2 Å². The van der Waals surface area contributed by atoms with E-state index in [0.29, 0.717) is 19.4 Å². The van der Waals surface area contributed by atoms with Crippen LogP contribution in [0.4, 0.5) is 4.39 Å². The van der Waals surface area contributed by atoms with Gasteiger partial charge >= 0.3 is 0 Å². The highest BCUT2D eigenvalue weighted by atomic mass is 32.2. The Bertz CT molecular complexity index is 633. The quantitative estimate of drug-likeness (QED) is 0.860. The summed E-state index contributed by atoms with van der Waals surface area (Å²) in [7, 11) is -2.52. The Balaban J connectivity index is 2.14. The first-order valence-electron chi connectivity index (χ1n) is 6.55. The number of ether oxygens (including phenoxy) is 1. The van der Waals surface area contributed by atoms with Gasteiger partial charge in [-0.05, 0) is 31.0 Å². The van der Waals surface area contributed by atoms with Gasteiger partial charge in [0.15, 0.2) is 11.6 Å². The average molecular weight is 316 g/mol. The van der Waals surface area contributed by atoms with E-state index < -0.39 is 15.8 Å². The third kappa shape index (κ3) is 3.92. The maximum Gasteiger partial charge on any atom is 0.240 e.